The summed E-state index contributed by atoms with van der Waals surface area (Å²) in [5.74, 6) is 0.718. The first-order chi connectivity index (χ1) is 8.13. The quantitative estimate of drug-likeness (QED) is 0.798. The van der Waals surface area contributed by atoms with Gasteiger partial charge in [0.1, 0.15) is 0 Å². The van der Waals surface area contributed by atoms with Crippen molar-refractivity contribution < 1.29 is 0 Å². The molecule has 0 bridgehead atoms. The van der Waals surface area contributed by atoms with Gasteiger partial charge in [0.15, 0.2) is 0 Å². The largest absolute Gasteiger partial charge is 0.383 e. The van der Waals surface area contributed by atoms with Crippen LogP contribution in [0.25, 0.3) is 0 Å². The molecule has 0 saturated carbocycles. The number of hydrogen-bond donors (Lipinski definition) is 1. The molecule has 0 saturated heterocycles. The summed E-state index contributed by atoms with van der Waals surface area (Å²) in [5.41, 5.74) is 1.02. The van der Waals surface area contributed by atoms with E-state index in [2.05, 4.69) is 31.0 Å². The Labute approximate surface area is 110 Å². The number of halogens is 1. The molecular formula is C14H23ClN2. The van der Waals surface area contributed by atoms with E-state index in [4.69, 9.17) is 11.6 Å². The normalized spacial score (nSPS) is 11.2. The number of benzene rings is 1. The van der Waals surface area contributed by atoms with Crippen LogP contribution in [0.2, 0.25) is 5.02 Å². The smallest absolute Gasteiger partial charge is 0.0637 e. The zero-order valence-electron chi connectivity index (χ0n) is 11.0. The van der Waals surface area contributed by atoms with Gasteiger partial charge >= 0.3 is 0 Å². The van der Waals surface area contributed by atoms with Crippen LogP contribution in [0.15, 0.2) is 24.3 Å². The fourth-order valence-electron chi connectivity index (χ4n) is 1.85. The van der Waals surface area contributed by atoms with Gasteiger partial charge in [0.25, 0.3) is 0 Å². The standard InChI is InChI=1S/C14H23ClN2/c1-4-17(11-12(2)3)10-9-16-14-8-6-5-7-13(14)15/h5-8,12,16H,4,9-11H2,1-3H3. The fraction of sp³-hybridized carbons (Fsp3) is 0.571. The van der Waals surface area contributed by atoms with Crippen molar-refractivity contribution in [2.45, 2.75) is 20.8 Å². The number of anilines is 1. The summed E-state index contributed by atoms with van der Waals surface area (Å²) < 4.78 is 0. The van der Waals surface area contributed by atoms with Gasteiger partial charge in [-0.3, -0.25) is 0 Å². The molecule has 2 nitrogen and oxygen atoms in total. The van der Waals surface area contributed by atoms with Crippen LogP contribution in [0.4, 0.5) is 5.69 Å². The number of hydrogen-bond acceptors (Lipinski definition) is 2. The average Bonchev–Trinajstić information content (AvgIpc) is 2.29. The van der Waals surface area contributed by atoms with Crippen LogP contribution in [0.3, 0.4) is 0 Å². The third-order valence-electron chi connectivity index (χ3n) is 2.69. The van der Waals surface area contributed by atoms with Gasteiger partial charge in [-0.05, 0) is 24.6 Å². The molecular weight excluding hydrogens is 232 g/mol. The highest BCUT2D eigenvalue weighted by molar-refractivity contribution is 6.33. The first-order valence-electron chi connectivity index (χ1n) is 6.34. The number of nitrogens with zero attached hydrogens (tertiary/aromatic N) is 1. The van der Waals surface area contributed by atoms with Crippen molar-refractivity contribution in [1.29, 1.82) is 0 Å². The molecule has 1 aromatic rings. The Morgan fingerprint density at radius 1 is 1.29 bits per heavy atom. The predicted molar refractivity (Wildman–Crippen MR) is 76.9 cm³/mol. The highest BCUT2D eigenvalue weighted by Gasteiger charge is 2.04. The lowest BCUT2D eigenvalue weighted by Crippen LogP contribution is -2.32. The van der Waals surface area contributed by atoms with Gasteiger partial charge in [0.2, 0.25) is 0 Å². The summed E-state index contributed by atoms with van der Waals surface area (Å²) in [6, 6.07) is 7.88. The van der Waals surface area contributed by atoms with Crippen molar-refractivity contribution in [2.24, 2.45) is 5.92 Å². The molecule has 0 spiro atoms. The lowest BCUT2D eigenvalue weighted by molar-refractivity contribution is 0.265. The molecule has 17 heavy (non-hydrogen) atoms. The highest BCUT2D eigenvalue weighted by Crippen LogP contribution is 2.19. The van der Waals surface area contributed by atoms with E-state index in [9.17, 15) is 0 Å². The number of likely N-dealkylation sites (N-methyl/N-ethyl adjacent to an activating group) is 1. The highest BCUT2D eigenvalue weighted by atomic mass is 35.5. The second kappa shape index (κ2) is 7.57. The second-order valence-corrected chi connectivity index (χ2v) is 5.10. The summed E-state index contributed by atoms with van der Waals surface area (Å²) >= 11 is 6.08. The Bertz CT molecular complexity index is 326. The zero-order valence-corrected chi connectivity index (χ0v) is 11.8. The molecule has 1 N–H and O–H groups in total. The van der Waals surface area contributed by atoms with Gasteiger partial charge in [0.05, 0.1) is 10.7 Å². The van der Waals surface area contributed by atoms with Gasteiger partial charge in [-0.1, -0.05) is 44.5 Å². The van der Waals surface area contributed by atoms with Gasteiger partial charge < -0.3 is 10.2 Å². The topological polar surface area (TPSA) is 15.3 Å². The molecule has 1 aromatic carbocycles. The summed E-state index contributed by atoms with van der Waals surface area (Å²) in [5, 5.41) is 4.17. The maximum atomic E-state index is 6.08. The first-order valence-corrected chi connectivity index (χ1v) is 6.72. The SMILES string of the molecule is CCN(CCNc1ccccc1Cl)CC(C)C. The van der Waals surface area contributed by atoms with E-state index in [0.29, 0.717) is 0 Å². The maximum absolute atomic E-state index is 6.08. The monoisotopic (exact) mass is 254 g/mol. The van der Waals surface area contributed by atoms with Crippen LogP contribution >= 0.6 is 11.6 Å². The van der Waals surface area contributed by atoms with Crippen molar-refractivity contribution >= 4 is 17.3 Å². The van der Waals surface area contributed by atoms with E-state index >= 15 is 0 Å². The lowest BCUT2D eigenvalue weighted by Gasteiger charge is -2.22. The second-order valence-electron chi connectivity index (χ2n) is 4.69. The van der Waals surface area contributed by atoms with Crippen molar-refractivity contribution in [1.82, 2.24) is 4.90 Å². The summed E-state index contributed by atoms with van der Waals surface area (Å²) in [6.45, 7) is 11.0. The van der Waals surface area contributed by atoms with Crippen LogP contribution in [-0.2, 0) is 0 Å². The molecule has 0 unspecified atom stereocenters. The Balaban J connectivity index is 2.34. The van der Waals surface area contributed by atoms with Crippen LogP contribution < -0.4 is 5.32 Å². The van der Waals surface area contributed by atoms with Crippen molar-refractivity contribution in [2.75, 3.05) is 31.5 Å². The molecule has 3 heteroatoms. The molecule has 1 rings (SSSR count). The van der Waals surface area contributed by atoms with Gasteiger partial charge in [-0.15, -0.1) is 0 Å². The van der Waals surface area contributed by atoms with E-state index in [1.807, 2.05) is 24.3 Å². The van der Waals surface area contributed by atoms with Crippen LogP contribution in [0.5, 0.6) is 0 Å². The third kappa shape index (κ3) is 5.42. The number of rotatable bonds is 7. The molecule has 0 aliphatic heterocycles. The molecule has 0 amide bonds. The minimum atomic E-state index is 0.718. The molecule has 0 aliphatic rings. The summed E-state index contributed by atoms with van der Waals surface area (Å²) in [6.07, 6.45) is 0. The zero-order chi connectivity index (χ0) is 12.7. The molecule has 0 aliphatic carbocycles. The third-order valence-corrected chi connectivity index (χ3v) is 3.02. The van der Waals surface area contributed by atoms with Gasteiger partial charge in [0, 0.05) is 19.6 Å². The maximum Gasteiger partial charge on any atom is 0.0637 e. The molecule has 0 fully saturated rings. The Kier molecular flexibility index (Phi) is 6.38. The van der Waals surface area contributed by atoms with E-state index in [-0.39, 0.29) is 0 Å². The Morgan fingerprint density at radius 2 is 2.00 bits per heavy atom. The lowest BCUT2D eigenvalue weighted by atomic mass is 10.2. The molecule has 0 atom stereocenters. The molecule has 0 aromatic heterocycles. The van der Waals surface area contributed by atoms with E-state index < -0.39 is 0 Å². The minimum absolute atomic E-state index is 0.718. The molecule has 0 radical (unpaired) electrons. The summed E-state index contributed by atoms with van der Waals surface area (Å²) in [7, 11) is 0. The Hall–Kier alpha value is -0.730. The fourth-order valence-corrected chi connectivity index (χ4v) is 2.05. The van der Waals surface area contributed by atoms with E-state index in [1.54, 1.807) is 0 Å². The molecule has 96 valence electrons. The first kappa shape index (κ1) is 14.3. The predicted octanol–water partition coefficient (Wildman–Crippen LogP) is 3.73. The van der Waals surface area contributed by atoms with Crippen LogP contribution in [0, 0.1) is 5.92 Å². The van der Waals surface area contributed by atoms with Crippen molar-refractivity contribution in [3.05, 3.63) is 29.3 Å². The van der Waals surface area contributed by atoms with Crippen LogP contribution in [0.1, 0.15) is 20.8 Å². The van der Waals surface area contributed by atoms with E-state index in [1.165, 1.54) is 0 Å². The van der Waals surface area contributed by atoms with Gasteiger partial charge in [-0.2, -0.15) is 0 Å². The van der Waals surface area contributed by atoms with Crippen LogP contribution in [-0.4, -0.2) is 31.1 Å². The number of nitrogens with one attached hydrogen (secondary N) is 1. The average molecular weight is 255 g/mol. The Morgan fingerprint density at radius 3 is 2.59 bits per heavy atom. The van der Waals surface area contributed by atoms with Crippen molar-refractivity contribution in [3.8, 4) is 0 Å². The minimum Gasteiger partial charge on any atom is -0.383 e. The van der Waals surface area contributed by atoms with Crippen molar-refractivity contribution in [3.63, 3.8) is 0 Å². The molecule has 0 heterocycles. The number of para-hydroxylation sites is 1. The summed E-state index contributed by atoms with van der Waals surface area (Å²) in [4.78, 5) is 2.45. The van der Waals surface area contributed by atoms with Gasteiger partial charge in [-0.25, -0.2) is 0 Å². The van der Waals surface area contributed by atoms with E-state index in [0.717, 1.165) is 42.8 Å².